The highest BCUT2D eigenvalue weighted by Gasteiger charge is 2.33. The summed E-state index contributed by atoms with van der Waals surface area (Å²) in [6.07, 6.45) is 2.05. The number of nitrogens with one attached hydrogen (secondary N) is 1. The predicted octanol–water partition coefficient (Wildman–Crippen LogP) is 1.07. The molecule has 3 N–H and O–H groups in total. The summed E-state index contributed by atoms with van der Waals surface area (Å²) in [6, 6.07) is 6.73. The number of piperidine rings is 1. The number of nitrogens with zero attached hydrogens (tertiary/aromatic N) is 1. The van der Waals surface area contributed by atoms with Crippen LogP contribution < -0.4 is 5.32 Å². The number of amides is 2. The fourth-order valence-electron chi connectivity index (χ4n) is 2.91. The Morgan fingerprint density at radius 1 is 1.27 bits per heavy atom. The van der Waals surface area contributed by atoms with Crippen molar-refractivity contribution in [3.63, 3.8) is 0 Å². The molecule has 9 nitrogen and oxygen atoms in total. The van der Waals surface area contributed by atoms with Gasteiger partial charge in [0.05, 0.1) is 12.6 Å². The van der Waals surface area contributed by atoms with Crippen LogP contribution in [-0.4, -0.2) is 60.2 Å². The van der Waals surface area contributed by atoms with E-state index in [1.807, 2.05) is 6.07 Å². The Kier molecular flexibility index (Phi) is 6.95. The molecule has 0 spiro atoms. The minimum absolute atomic E-state index is 0.258. The first-order valence-electron chi connectivity index (χ1n) is 8.22. The Bertz CT molecular complexity index is 723. The van der Waals surface area contributed by atoms with Crippen molar-refractivity contribution in [3.05, 3.63) is 35.9 Å². The van der Waals surface area contributed by atoms with Gasteiger partial charge in [0, 0.05) is 6.54 Å². The molecule has 26 heavy (non-hydrogen) atoms. The molecular formula is C16H22N2O7S. The van der Waals surface area contributed by atoms with Crippen LogP contribution in [0.5, 0.6) is 0 Å². The van der Waals surface area contributed by atoms with E-state index in [9.17, 15) is 23.1 Å². The number of carboxylic acids is 1. The number of carboxylic acid groups (broad SMARTS) is 1. The molecule has 1 aliphatic heterocycles. The molecule has 2 atom stereocenters. The zero-order valence-electron chi connectivity index (χ0n) is 14.1. The first kappa shape index (κ1) is 20.1. The van der Waals surface area contributed by atoms with E-state index in [0.29, 0.717) is 19.4 Å². The number of carbonyl (C=O) groups excluding carboxylic acids is 1. The summed E-state index contributed by atoms with van der Waals surface area (Å²) < 4.78 is 34.9. The molecular weight excluding hydrogens is 364 g/mol. The third-order valence-electron chi connectivity index (χ3n) is 4.12. The van der Waals surface area contributed by atoms with Gasteiger partial charge in [0.2, 0.25) is 0 Å². The molecule has 1 heterocycles. The number of likely N-dealkylation sites (tertiary alicyclic amines) is 1. The van der Waals surface area contributed by atoms with Gasteiger partial charge in [0.25, 0.3) is 0 Å². The first-order valence-corrected chi connectivity index (χ1v) is 9.58. The van der Waals surface area contributed by atoms with E-state index >= 15 is 0 Å². The molecule has 1 fully saturated rings. The molecule has 0 bridgehead atoms. The lowest BCUT2D eigenvalue weighted by molar-refractivity contribution is -0.143. The summed E-state index contributed by atoms with van der Waals surface area (Å²) >= 11 is 0. The van der Waals surface area contributed by atoms with E-state index < -0.39 is 41.1 Å². The van der Waals surface area contributed by atoms with Crippen molar-refractivity contribution in [3.8, 4) is 0 Å². The molecule has 1 aromatic rings. The number of hydrogen-bond acceptors (Lipinski definition) is 5. The summed E-state index contributed by atoms with van der Waals surface area (Å²) in [5, 5.41) is 11.9. The smallest absolute Gasteiger partial charge is 0.397 e. The minimum Gasteiger partial charge on any atom is -0.480 e. The Morgan fingerprint density at radius 2 is 1.96 bits per heavy atom. The maximum absolute atomic E-state index is 12.5. The fraction of sp³-hybridized carbons (Fsp3) is 0.500. The van der Waals surface area contributed by atoms with Crippen molar-refractivity contribution in [2.45, 2.75) is 37.8 Å². The van der Waals surface area contributed by atoms with Gasteiger partial charge in [-0.05, 0) is 31.2 Å². The molecule has 1 aliphatic rings. The topological polar surface area (TPSA) is 133 Å². The molecule has 0 aromatic heterocycles. The van der Waals surface area contributed by atoms with Crippen LogP contribution >= 0.6 is 0 Å². The first-order chi connectivity index (χ1) is 12.3. The van der Waals surface area contributed by atoms with Crippen LogP contribution in [0, 0.1) is 0 Å². The van der Waals surface area contributed by atoms with Gasteiger partial charge in [-0.25, -0.2) is 13.8 Å². The minimum atomic E-state index is -4.66. The van der Waals surface area contributed by atoms with Crippen LogP contribution in [0.2, 0.25) is 0 Å². The van der Waals surface area contributed by atoms with Crippen LogP contribution in [0.1, 0.15) is 24.8 Å². The predicted molar refractivity (Wildman–Crippen MR) is 91.9 cm³/mol. The van der Waals surface area contributed by atoms with Crippen LogP contribution in [0.15, 0.2) is 30.3 Å². The number of urea groups is 1. The Morgan fingerprint density at radius 3 is 2.58 bits per heavy atom. The summed E-state index contributed by atoms with van der Waals surface area (Å²) in [4.78, 5) is 25.1. The summed E-state index contributed by atoms with van der Waals surface area (Å²) in [5.74, 6) is -1.08. The van der Waals surface area contributed by atoms with Crippen molar-refractivity contribution >= 4 is 22.4 Å². The number of carbonyl (C=O) groups is 2. The summed E-state index contributed by atoms with van der Waals surface area (Å²) in [6.45, 7) is -0.162. The van der Waals surface area contributed by atoms with E-state index in [2.05, 4.69) is 9.50 Å². The molecule has 10 heteroatoms. The summed E-state index contributed by atoms with van der Waals surface area (Å²) in [5.41, 5.74) is 0.824. The second kappa shape index (κ2) is 8.97. The maximum atomic E-state index is 12.5. The van der Waals surface area contributed by atoms with Gasteiger partial charge in [0.1, 0.15) is 6.04 Å². The number of hydrogen-bond donors (Lipinski definition) is 3. The number of aliphatic carboxylic acids is 1. The lowest BCUT2D eigenvalue weighted by atomic mass is 10.0. The third-order valence-corrected chi connectivity index (χ3v) is 4.55. The van der Waals surface area contributed by atoms with Crippen molar-refractivity contribution in [1.29, 1.82) is 0 Å². The van der Waals surface area contributed by atoms with Gasteiger partial charge in [-0.1, -0.05) is 30.3 Å². The Hall–Kier alpha value is -2.17. The lowest BCUT2D eigenvalue weighted by Gasteiger charge is -2.34. The Balaban J connectivity index is 2.08. The third kappa shape index (κ3) is 6.28. The highest BCUT2D eigenvalue weighted by molar-refractivity contribution is 7.80. The monoisotopic (exact) mass is 386 g/mol. The largest absolute Gasteiger partial charge is 0.480 e. The van der Waals surface area contributed by atoms with E-state index in [1.54, 1.807) is 24.3 Å². The van der Waals surface area contributed by atoms with Gasteiger partial charge in [-0.2, -0.15) is 8.42 Å². The average molecular weight is 386 g/mol. The molecule has 1 aromatic carbocycles. The van der Waals surface area contributed by atoms with Crippen LogP contribution in [0.3, 0.4) is 0 Å². The van der Waals surface area contributed by atoms with Gasteiger partial charge in [-0.3, -0.25) is 4.55 Å². The highest BCUT2D eigenvalue weighted by Crippen LogP contribution is 2.17. The van der Waals surface area contributed by atoms with Gasteiger partial charge < -0.3 is 15.3 Å². The molecule has 1 saturated heterocycles. The molecule has 0 aliphatic carbocycles. The van der Waals surface area contributed by atoms with Gasteiger partial charge in [0.15, 0.2) is 0 Å². The van der Waals surface area contributed by atoms with E-state index in [4.69, 9.17) is 4.55 Å². The van der Waals surface area contributed by atoms with Crippen molar-refractivity contribution < 1.29 is 31.8 Å². The van der Waals surface area contributed by atoms with E-state index in [0.717, 1.165) is 12.0 Å². The molecule has 0 saturated carbocycles. The normalized spacial score (nSPS) is 19.0. The lowest BCUT2D eigenvalue weighted by Crippen LogP contribution is -2.55. The van der Waals surface area contributed by atoms with E-state index in [1.165, 1.54) is 4.90 Å². The zero-order valence-corrected chi connectivity index (χ0v) is 14.9. The molecule has 2 amide bonds. The van der Waals surface area contributed by atoms with Crippen molar-refractivity contribution in [1.82, 2.24) is 10.2 Å². The van der Waals surface area contributed by atoms with Crippen LogP contribution in [0.25, 0.3) is 0 Å². The molecule has 2 rings (SSSR count). The Labute approximate surface area is 151 Å². The zero-order chi connectivity index (χ0) is 19.2. The van der Waals surface area contributed by atoms with Gasteiger partial charge in [-0.15, -0.1) is 0 Å². The molecule has 0 radical (unpaired) electrons. The SMILES string of the molecule is O=C(O)C1CCCCN1C(=O)NC(COS(=O)(=O)O)Cc1ccccc1. The van der Waals surface area contributed by atoms with Crippen LogP contribution in [0.4, 0.5) is 4.79 Å². The highest BCUT2D eigenvalue weighted by atomic mass is 32.3. The molecule has 2 unspecified atom stereocenters. The van der Waals surface area contributed by atoms with E-state index in [-0.39, 0.29) is 6.42 Å². The maximum Gasteiger partial charge on any atom is 0.397 e. The second-order valence-corrected chi connectivity index (χ2v) is 7.18. The quantitative estimate of drug-likeness (QED) is 0.597. The van der Waals surface area contributed by atoms with Crippen molar-refractivity contribution in [2.24, 2.45) is 0 Å². The summed E-state index contributed by atoms with van der Waals surface area (Å²) in [7, 11) is -4.66. The van der Waals surface area contributed by atoms with Crippen molar-refractivity contribution in [2.75, 3.05) is 13.2 Å². The second-order valence-electron chi connectivity index (χ2n) is 6.09. The average Bonchev–Trinajstić information content (AvgIpc) is 2.60. The number of benzene rings is 1. The standard InChI is InChI=1S/C16H22N2O7S/c19-15(20)14-8-4-5-9-18(14)16(21)17-13(11-25-26(22,23)24)10-12-6-2-1-3-7-12/h1-3,6-7,13-14H,4-5,8-11H2,(H,17,21)(H,19,20)(H,22,23,24). The van der Waals surface area contributed by atoms with Gasteiger partial charge >= 0.3 is 22.4 Å². The van der Waals surface area contributed by atoms with Crippen LogP contribution in [-0.2, 0) is 25.8 Å². The number of rotatable bonds is 7. The molecule has 144 valence electrons. The fourth-order valence-corrected chi connectivity index (χ4v) is 3.24.